The van der Waals surface area contributed by atoms with Crippen LogP contribution in [0.4, 0.5) is 0 Å². The Morgan fingerprint density at radius 2 is 1.02 bits per heavy atom. The normalized spacial score (nSPS) is 11.6. The quantitative estimate of drug-likeness (QED) is 0.196. The Balaban J connectivity index is 1.13. The smallest absolute Gasteiger partial charge is 0.137 e. The van der Waals surface area contributed by atoms with Crippen LogP contribution in [0.1, 0.15) is 0 Å². The molecule has 0 N–H and O–H groups in total. The van der Waals surface area contributed by atoms with Gasteiger partial charge in [0.25, 0.3) is 0 Å². The van der Waals surface area contributed by atoms with Crippen molar-refractivity contribution in [2.45, 2.75) is 0 Å². The number of pyridine rings is 3. The van der Waals surface area contributed by atoms with Gasteiger partial charge in [0.05, 0.1) is 28.1 Å². The van der Waals surface area contributed by atoms with Crippen molar-refractivity contribution in [3.8, 4) is 44.9 Å². The first-order valence-corrected chi connectivity index (χ1v) is 15.1. The second kappa shape index (κ2) is 10.2. The molecule has 4 nitrogen and oxygen atoms in total. The van der Waals surface area contributed by atoms with E-state index in [1.165, 1.54) is 5.39 Å². The van der Waals surface area contributed by atoms with Crippen molar-refractivity contribution in [3.63, 3.8) is 0 Å². The van der Waals surface area contributed by atoms with E-state index in [4.69, 9.17) is 15.0 Å². The van der Waals surface area contributed by atoms with E-state index in [2.05, 4.69) is 128 Å². The third kappa shape index (κ3) is 4.35. The van der Waals surface area contributed by atoms with Crippen LogP contribution in [0.15, 0.2) is 158 Å². The molecular formula is C41H26N4. The van der Waals surface area contributed by atoms with Crippen molar-refractivity contribution >= 4 is 38.2 Å². The molecule has 0 fully saturated rings. The highest BCUT2D eigenvalue weighted by Crippen LogP contribution is 2.38. The zero-order valence-electron chi connectivity index (χ0n) is 24.3. The van der Waals surface area contributed by atoms with Gasteiger partial charge in [-0.15, -0.1) is 0 Å². The molecule has 0 spiro atoms. The zero-order chi connectivity index (χ0) is 29.7. The predicted molar refractivity (Wildman–Crippen MR) is 185 cm³/mol. The van der Waals surface area contributed by atoms with Crippen LogP contribution >= 0.6 is 0 Å². The minimum Gasteiger partial charge on any atom is -0.306 e. The molecule has 9 rings (SSSR count). The number of aromatic nitrogens is 4. The number of rotatable bonds is 4. The number of benzene rings is 5. The highest BCUT2D eigenvalue weighted by Gasteiger charge is 2.15. The highest BCUT2D eigenvalue weighted by atomic mass is 15.0. The van der Waals surface area contributed by atoms with E-state index < -0.39 is 0 Å². The van der Waals surface area contributed by atoms with Gasteiger partial charge in [0.15, 0.2) is 0 Å². The van der Waals surface area contributed by atoms with Gasteiger partial charge < -0.3 is 4.40 Å². The molecule has 4 heteroatoms. The SMILES string of the molecule is c1ccc(-c2ccc3c(ccc4c5ccccc5nc(-c5ccc(-c6ccc(-c7cn8ccccc8n7)cc6)cc5)c34)n2)cc1. The molecule has 45 heavy (non-hydrogen) atoms. The van der Waals surface area contributed by atoms with Crippen LogP contribution in [-0.4, -0.2) is 19.4 Å². The molecule has 0 aliphatic carbocycles. The summed E-state index contributed by atoms with van der Waals surface area (Å²) in [4.78, 5) is 15.1. The molecule has 210 valence electrons. The molecular weight excluding hydrogens is 548 g/mol. The Bertz CT molecular complexity index is 2480. The van der Waals surface area contributed by atoms with Crippen molar-refractivity contribution in [1.82, 2.24) is 19.4 Å². The highest BCUT2D eigenvalue weighted by molar-refractivity contribution is 6.20. The maximum atomic E-state index is 5.23. The van der Waals surface area contributed by atoms with E-state index in [-0.39, 0.29) is 0 Å². The monoisotopic (exact) mass is 574 g/mol. The summed E-state index contributed by atoms with van der Waals surface area (Å²) in [5.41, 5.74) is 11.4. The van der Waals surface area contributed by atoms with E-state index in [0.29, 0.717) is 0 Å². The van der Waals surface area contributed by atoms with Crippen LogP contribution in [0.5, 0.6) is 0 Å². The Hall–Kier alpha value is -6.13. The fourth-order valence-electron chi connectivity index (χ4n) is 6.37. The molecule has 0 aliphatic heterocycles. The summed E-state index contributed by atoms with van der Waals surface area (Å²) in [7, 11) is 0. The lowest BCUT2D eigenvalue weighted by Crippen LogP contribution is -1.93. The molecule has 5 aromatic carbocycles. The van der Waals surface area contributed by atoms with Gasteiger partial charge in [0.2, 0.25) is 0 Å². The van der Waals surface area contributed by atoms with Crippen molar-refractivity contribution in [2.24, 2.45) is 0 Å². The maximum absolute atomic E-state index is 5.23. The lowest BCUT2D eigenvalue weighted by atomic mass is 9.95. The van der Waals surface area contributed by atoms with E-state index in [1.54, 1.807) is 0 Å². The summed E-state index contributed by atoms with van der Waals surface area (Å²) in [6.07, 6.45) is 4.10. The Labute approximate surface area is 259 Å². The third-order valence-corrected chi connectivity index (χ3v) is 8.64. The van der Waals surface area contributed by atoms with Gasteiger partial charge in [-0.05, 0) is 52.9 Å². The van der Waals surface area contributed by atoms with E-state index >= 15 is 0 Å². The van der Waals surface area contributed by atoms with Gasteiger partial charge in [0, 0.05) is 45.2 Å². The van der Waals surface area contributed by atoms with Crippen molar-refractivity contribution < 1.29 is 0 Å². The molecule has 0 radical (unpaired) electrons. The molecule has 0 unspecified atom stereocenters. The van der Waals surface area contributed by atoms with Crippen LogP contribution in [0.3, 0.4) is 0 Å². The average Bonchev–Trinajstić information content (AvgIpc) is 3.56. The lowest BCUT2D eigenvalue weighted by Gasteiger charge is -2.14. The summed E-state index contributed by atoms with van der Waals surface area (Å²) >= 11 is 0. The number of hydrogen-bond donors (Lipinski definition) is 0. The number of fused-ring (bicyclic) bond motifs is 6. The van der Waals surface area contributed by atoms with E-state index in [9.17, 15) is 0 Å². The molecule has 4 heterocycles. The van der Waals surface area contributed by atoms with Crippen LogP contribution in [0.25, 0.3) is 83.1 Å². The molecule has 0 saturated heterocycles. The molecule has 0 saturated carbocycles. The van der Waals surface area contributed by atoms with E-state index in [1.807, 2.05) is 34.9 Å². The predicted octanol–water partition coefficient (Wildman–Crippen LogP) is 10.3. The topological polar surface area (TPSA) is 43.1 Å². The molecule has 0 bridgehead atoms. The average molecular weight is 575 g/mol. The fraction of sp³-hybridized carbons (Fsp3) is 0. The lowest BCUT2D eigenvalue weighted by molar-refractivity contribution is 1.19. The van der Waals surface area contributed by atoms with Gasteiger partial charge in [-0.2, -0.15) is 0 Å². The Morgan fingerprint density at radius 3 is 1.82 bits per heavy atom. The second-order valence-corrected chi connectivity index (χ2v) is 11.3. The number of para-hydroxylation sites is 1. The summed E-state index contributed by atoms with van der Waals surface area (Å²) in [5.74, 6) is 0. The second-order valence-electron chi connectivity index (χ2n) is 11.3. The first kappa shape index (κ1) is 25.4. The summed E-state index contributed by atoms with van der Waals surface area (Å²) in [5, 5.41) is 4.56. The van der Waals surface area contributed by atoms with Gasteiger partial charge in [0.1, 0.15) is 5.65 Å². The summed E-state index contributed by atoms with van der Waals surface area (Å²) < 4.78 is 2.05. The van der Waals surface area contributed by atoms with Gasteiger partial charge in [-0.3, -0.25) is 0 Å². The standard InChI is InChI=1S/C41H26N4/c1-2-8-29(9-3-1)35-23-22-34-37(42-35)24-21-33-32-10-4-5-11-36(32)44-41(40(33)34)31-19-15-28(16-20-31)27-13-17-30(18-14-27)38-26-45-25-7-6-12-39(45)43-38/h1-26H. The van der Waals surface area contributed by atoms with Gasteiger partial charge >= 0.3 is 0 Å². The van der Waals surface area contributed by atoms with Crippen LogP contribution < -0.4 is 0 Å². The molecule has 0 amide bonds. The largest absolute Gasteiger partial charge is 0.306 e. The molecule has 0 aliphatic rings. The van der Waals surface area contributed by atoms with Crippen molar-refractivity contribution in [2.75, 3.05) is 0 Å². The third-order valence-electron chi connectivity index (χ3n) is 8.64. The molecule has 0 atom stereocenters. The van der Waals surface area contributed by atoms with E-state index in [0.717, 1.165) is 77.7 Å². The first-order chi connectivity index (χ1) is 22.3. The number of hydrogen-bond acceptors (Lipinski definition) is 3. The fourth-order valence-corrected chi connectivity index (χ4v) is 6.37. The minimum atomic E-state index is 0.946. The number of imidazole rings is 1. The zero-order valence-corrected chi connectivity index (χ0v) is 24.3. The van der Waals surface area contributed by atoms with Gasteiger partial charge in [-0.25, -0.2) is 15.0 Å². The van der Waals surface area contributed by atoms with Crippen LogP contribution in [0, 0.1) is 0 Å². The maximum Gasteiger partial charge on any atom is 0.137 e. The minimum absolute atomic E-state index is 0.946. The molecule has 4 aromatic heterocycles. The first-order valence-electron chi connectivity index (χ1n) is 15.1. The van der Waals surface area contributed by atoms with Crippen LogP contribution in [-0.2, 0) is 0 Å². The Morgan fingerprint density at radius 1 is 0.378 bits per heavy atom. The Kier molecular flexibility index (Phi) is 5.78. The summed E-state index contributed by atoms with van der Waals surface area (Å²) in [6, 6.07) is 50.8. The van der Waals surface area contributed by atoms with Crippen molar-refractivity contribution in [1.29, 1.82) is 0 Å². The number of nitrogens with zero attached hydrogens (tertiary/aromatic N) is 4. The summed E-state index contributed by atoms with van der Waals surface area (Å²) in [6.45, 7) is 0. The van der Waals surface area contributed by atoms with Crippen LogP contribution in [0.2, 0.25) is 0 Å². The van der Waals surface area contributed by atoms with Crippen molar-refractivity contribution in [3.05, 3.63) is 158 Å². The van der Waals surface area contributed by atoms with Gasteiger partial charge in [-0.1, -0.05) is 109 Å². The molecule has 9 aromatic rings.